The van der Waals surface area contributed by atoms with Gasteiger partial charge in [0, 0.05) is 63.6 Å². The number of carboxylic acids is 1. The van der Waals surface area contributed by atoms with E-state index in [-0.39, 0.29) is 57.7 Å². The Morgan fingerprint density at radius 1 is 0.948 bits per heavy atom. The largest absolute Gasteiger partial charge is 0.481 e. The van der Waals surface area contributed by atoms with Crippen LogP contribution in [-0.2, 0) is 30.5 Å². The van der Waals surface area contributed by atoms with Gasteiger partial charge < -0.3 is 19.8 Å². The average molecular weight is 804 g/mol. The van der Waals surface area contributed by atoms with Crippen LogP contribution in [0.5, 0.6) is 0 Å². The van der Waals surface area contributed by atoms with Gasteiger partial charge in [0.15, 0.2) is 5.78 Å². The fourth-order valence-electron chi connectivity index (χ4n) is 13.7. The molecule has 0 bridgehead atoms. The van der Waals surface area contributed by atoms with E-state index >= 15 is 0 Å². The minimum absolute atomic E-state index is 0.000758. The van der Waals surface area contributed by atoms with E-state index in [1.54, 1.807) is 31.9 Å². The second-order valence-corrected chi connectivity index (χ2v) is 21.6. The number of ether oxygens (including phenoxy) is 1. The van der Waals surface area contributed by atoms with Gasteiger partial charge in [-0.2, -0.15) is 0 Å². The molecule has 322 valence electrons. The number of carboxylic acid groups (broad SMARTS) is 1. The molecule has 5 aliphatic carbocycles. The first-order valence-corrected chi connectivity index (χ1v) is 22.2. The quantitative estimate of drug-likeness (QED) is 0.190. The molecule has 0 aromatic carbocycles. The van der Waals surface area contributed by atoms with Gasteiger partial charge in [0.2, 0.25) is 5.91 Å². The summed E-state index contributed by atoms with van der Waals surface area (Å²) in [5, 5.41) is 22.3. The number of carbonyl (C=O) groups is 4. The van der Waals surface area contributed by atoms with E-state index < -0.39 is 28.9 Å². The van der Waals surface area contributed by atoms with Crippen molar-refractivity contribution in [2.45, 2.75) is 152 Å². The van der Waals surface area contributed by atoms with Crippen molar-refractivity contribution in [1.29, 1.82) is 0 Å². The Bertz CT molecular complexity index is 1790. The van der Waals surface area contributed by atoms with Gasteiger partial charge in [-0.15, -0.1) is 0 Å². The monoisotopic (exact) mass is 804 g/mol. The van der Waals surface area contributed by atoms with E-state index in [0.717, 1.165) is 62.6 Å². The van der Waals surface area contributed by atoms with Crippen LogP contribution in [0.1, 0.15) is 139 Å². The summed E-state index contributed by atoms with van der Waals surface area (Å²) in [6, 6.07) is 5.87. The highest BCUT2D eigenvalue weighted by Crippen LogP contribution is 2.77. The number of esters is 1. The summed E-state index contributed by atoms with van der Waals surface area (Å²) >= 11 is 0. The third kappa shape index (κ3) is 7.38. The number of hydrogen-bond acceptors (Lipinski definition) is 8. The zero-order valence-corrected chi connectivity index (χ0v) is 37.5. The third-order valence-corrected chi connectivity index (χ3v) is 17.3. The predicted octanol–water partition coefficient (Wildman–Crippen LogP) is 8.12. The molecule has 0 spiro atoms. The number of aliphatic hydroxyl groups excluding tert-OH is 1. The maximum atomic E-state index is 14.3. The molecule has 0 radical (unpaired) electrons. The summed E-state index contributed by atoms with van der Waals surface area (Å²) in [4.78, 5) is 60.0. The SMILES string of the molecule is CC(=O)N(C)CCN(Cc1ccccn1)C[C@H](O)C12CC[C@]3(C)[C@H](CC[C@@H]4[C@@]5(C)CC[C@H](OC(=O)CC(C)(C)C(=O)O)C(C)(C)C5CC[C@]43C)C1=C(C(C)C)C(=O)C2. The van der Waals surface area contributed by atoms with E-state index in [1.807, 2.05) is 25.2 Å². The number of nitrogens with zero attached hydrogens (tertiary/aromatic N) is 3. The van der Waals surface area contributed by atoms with Gasteiger partial charge in [-0.25, -0.2) is 0 Å². The van der Waals surface area contributed by atoms with Gasteiger partial charge in [-0.05, 0) is 123 Å². The van der Waals surface area contributed by atoms with Gasteiger partial charge in [0.1, 0.15) is 6.10 Å². The lowest BCUT2D eigenvalue weighted by Gasteiger charge is -2.72. The van der Waals surface area contributed by atoms with Crippen molar-refractivity contribution in [3.8, 4) is 0 Å². The molecule has 2 N–H and O–H groups in total. The fourth-order valence-corrected chi connectivity index (χ4v) is 13.7. The van der Waals surface area contributed by atoms with Gasteiger partial charge in [0.05, 0.1) is 23.6 Å². The normalized spacial score (nSPS) is 34.8. The van der Waals surface area contributed by atoms with Crippen molar-refractivity contribution in [3.05, 3.63) is 41.2 Å². The van der Waals surface area contributed by atoms with Crippen LogP contribution in [0.2, 0.25) is 0 Å². The molecular formula is C48H73N3O7. The van der Waals surface area contributed by atoms with Crippen molar-refractivity contribution in [2.24, 2.45) is 56.2 Å². The Balaban J connectivity index is 1.29. The van der Waals surface area contributed by atoms with Crippen molar-refractivity contribution < 1.29 is 34.1 Å². The number of fused-ring (bicyclic) bond motifs is 7. The van der Waals surface area contributed by atoms with Gasteiger partial charge in [-0.1, -0.05) is 60.1 Å². The first-order valence-electron chi connectivity index (χ1n) is 22.2. The van der Waals surface area contributed by atoms with Crippen molar-refractivity contribution in [3.63, 3.8) is 0 Å². The molecule has 1 heterocycles. The molecule has 6 rings (SSSR count). The summed E-state index contributed by atoms with van der Waals surface area (Å²) in [5.74, 6) is -0.187. The minimum Gasteiger partial charge on any atom is -0.481 e. The number of hydrogen-bond donors (Lipinski definition) is 2. The van der Waals surface area contributed by atoms with Gasteiger partial charge in [0.25, 0.3) is 0 Å². The molecule has 9 atom stereocenters. The molecule has 2 unspecified atom stereocenters. The molecule has 0 aliphatic heterocycles. The first-order chi connectivity index (χ1) is 26.9. The predicted molar refractivity (Wildman–Crippen MR) is 224 cm³/mol. The Kier molecular flexibility index (Phi) is 12.1. The van der Waals surface area contributed by atoms with Crippen LogP contribution < -0.4 is 0 Å². The number of rotatable bonds is 13. The van der Waals surface area contributed by atoms with Crippen LogP contribution in [0.3, 0.4) is 0 Å². The highest BCUT2D eigenvalue weighted by atomic mass is 16.5. The standard InChI is InChI=1S/C48H73N3O7/c1-30(2)40-34(53)26-48(37(54)29-51(25-24-50(11)31(3)52)28-32-14-12-13-23-49-32)22-21-46(9)33(41(40)48)15-16-36-45(8)19-18-38(58-39(55)27-43(4,5)42(56)57)44(6,7)35(45)17-20-47(36,46)10/h12-14,23,30,33,35-38,54H,15-22,24-29H2,1-11H3,(H,56,57)/t33-,35?,36-,37+,38+,45+,46-,47-,48?/m1/s1. The fraction of sp³-hybridized carbons (Fsp3) is 0.771. The lowest BCUT2D eigenvalue weighted by atomic mass is 9.33. The number of carbonyl (C=O) groups excluding carboxylic acids is 3. The maximum Gasteiger partial charge on any atom is 0.309 e. The first kappa shape index (κ1) is 44.4. The smallest absolute Gasteiger partial charge is 0.309 e. The minimum atomic E-state index is -1.18. The molecule has 10 heteroatoms. The molecule has 1 amide bonds. The number of amides is 1. The van der Waals surface area contributed by atoms with E-state index in [4.69, 9.17) is 4.74 Å². The van der Waals surface area contributed by atoms with Crippen LogP contribution in [0.25, 0.3) is 0 Å². The Morgan fingerprint density at radius 2 is 1.66 bits per heavy atom. The van der Waals surface area contributed by atoms with Gasteiger partial charge >= 0.3 is 11.9 Å². The van der Waals surface area contributed by atoms with Crippen LogP contribution in [-0.4, -0.2) is 87.5 Å². The lowest BCUT2D eigenvalue weighted by Crippen LogP contribution is -2.66. The van der Waals surface area contributed by atoms with Crippen LogP contribution in [0, 0.1) is 56.2 Å². The number of allylic oxidation sites excluding steroid dienone is 1. The molecule has 10 nitrogen and oxygen atoms in total. The number of likely N-dealkylation sites (N-methyl/N-ethyl adjacent to an activating group) is 1. The molecule has 1 aromatic heterocycles. The molecule has 1 aromatic rings. The zero-order valence-electron chi connectivity index (χ0n) is 37.5. The van der Waals surface area contributed by atoms with Crippen LogP contribution >= 0.6 is 0 Å². The number of ketones is 1. The Morgan fingerprint density at radius 3 is 2.28 bits per heavy atom. The van der Waals surface area contributed by atoms with Crippen LogP contribution in [0.4, 0.5) is 0 Å². The summed E-state index contributed by atoms with van der Waals surface area (Å²) in [7, 11) is 1.81. The average Bonchev–Trinajstić information content (AvgIpc) is 3.45. The van der Waals surface area contributed by atoms with E-state index in [0.29, 0.717) is 44.4 Å². The highest BCUT2D eigenvalue weighted by Gasteiger charge is 2.71. The molecule has 5 aliphatic rings. The van der Waals surface area contributed by atoms with Gasteiger partial charge in [-0.3, -0.25) is 29.1 Å². The summed E-state index contributed by atoms with van der Waals surface area (Å²) in [6.07, 6.45) is 8.50. The molecule has 58 heavy (non-hydrogen) atoms. The van der Waals surface area contributed by atoms with E-state index in [2.05, 4.69) is 58.4 Å². The van der Waals surface area contributed by atoms with E-state index in [1.165, 1.54) is 5.57 Å². The van der Waals surface area contributed by atoms with E-state index in [9.17, 15) is 29.4 Å². The lowest BCUT2D eigenvalue weighted by molar-refractivity contribution is -0.235. The summed E-state index contributed by atoms with van der Waals surface area (Å²) in [6.45, 7) is 23.2. The Hall–Kier alpha value is -3.11. The summed E-state index contributed by atoms with van der Waals surface area (Å²) in [5.41, 5.74) is 1.00. The second-order valence-electron chi connectivity index (χ2n) is 21.6. The molecule has 4 saturated carbocycles. The molecule has 0 saturated heterocycles. The second kappa shape index (κ2) is 15.7. The van der Waals surface area contributed by atoms with Crippen molar-refractivity contribution >= 4 is 23.6 Å². The molecule has 4 fully saturated rings. The van der Waals surface area contributed by atoms with Crippen molar-refractivity contribution in [1.82, 2.24) is 14.8 Å². The number of Topliss-reactive ketones (excluding diaryl/α,β-unsaturated/α-hetero) is 1. The zero-order chi connectivity index (χ0) is 42.8. The van der Waals surface area contributed by atoms with Crippen molar-refractivity contribution in [2.75, 3.05) is 26.7 Å². The number of pyridine rings is 1. The topological polar surface area (TPSA) is 137 Å². The number of aliphatic carboxylic acids is 1. The number of aliphatic hydroxyl groups is 1. The Labute approximate surface area is 347 Å². The number of aromatic nitrogens is 1. The summed E-state index contributed by atoms with van der Waals surface area (Å²) < 4.78 is 6.19. The highest BCUT2D eigenvalue weighted by molar-refractivity contribution is 6.00. The third-order valence-electron chi connectivity index (χ3n) is 17.3. The maximum absolute atomic E-state index is 14.3. The van der Waals surface area contributed by atoms with Crippen LogP contribution in [0.15, 0.2) is 35.5 Å². The molecular weight excluding hydrogens is 731 g/mol.